The van der Waals surface area contributed by atoms with E-state index in [1.165, 1.54) is 28.4 Å². The molecule has 3 N–H and O–H groups in total. The molecule has 1 aliphatic heterocycles. The molecule has 0 aromatic carbocycles. The zero-order valence-electron chi connectivity index (χ0n) is 11.6. The van der Waals surface area contributed by atoms with Gasteiger partial charge in [0.2, 0.25) is 11.8 Å². The largest absolute Gasteiger partial charge is 0.480 e. The Bertz CT molecular complexity index is 390. The van der Waals surface area contributed by atoms with E-state index in [1.807, 2.05) is 13.8 Å². The lowest BCUT2D eigenvalue weighted by Gasteiger charge is -2.29. The van der Waals surface area contributed by atoms with E-state index in [2.05, 4.69) is 0 Å². The molecular weight excluding hydrogens is 300 g/mol. The Labute approximate surface area is 126 Å². The average molecular weight is 320 g/mol. The second-order valence-corrected chi connectivity index (χ2v) is 7.15. The number of carboxylic acids is 1. The molecule has 0 aromatic rings. The Balaban J connectivity index is 2.60. The number of carboxylic acid groups (broad SMARTS) is 1. The fourth-order valence-corrected chi connectivity index (χ4v) is 4.17. The molecule has 1 saturated heterocycles. The van der Waals surface area contributed by atoms with Crippen molar-refractivity contribution in [2.24, 2.45) is 11.7 Å². The van der Waals surface area contributed by atoms with Crippen LogP contribution in [0.15, 0.2) is 0 Å². The van der Waals surface area contributed by atoms with E-state index in [9.17, 15) is 19.5 Å². The number of carbonyl (C=O) groups excluding carboxylic acids is 2. The summed E-state index contributed by atoms with van der Waals surface area (Å²) in [6.45, 7) is 3.95. The van der Waals surface area contributed by atoms with Gasteiger partial charge in [-0.3, -0.25) is 9.59 Å². The summed E-state index contributed by atoms with van der Waals surface area (Å²) < 4.78 is 0. The van der Waals surface area contributed by atoms with Gasteiger partial charge in [0.25, 0.3) is 0 Å². The first-order valence-electron chi connectivity index (χ1n) is 6.36. The van der Waals surface area contributed by atoms with E-state index in [1.54, 1.807) is 0 Å². The van der Waals surface area contributed by atoms with Crippen molar-refractivity contribution in [3.63, 3.8) is 0 Å². The summed E-state index contributed by atoms with van der Waals surface area (Å²) in [4.78, 5) is 35.6. The Morgan fingerprint density at radius 1 is 1.45 bits per heavy atom. The summed E-state index contributed by atoms with van der Waals surface area (Å²) in [7, 11) is 0. The first kappa shape index (κ1) is 17.2. The lowest BCUT2D eigenvalue weighted by molar-refractivity contribution is -0.149. The van der Waals surface area contributed by atoms with Crippen molar-refractivity contribution in [3.05, 3.63) is 0 Å². The van der Waals surface area contributed by atoms with Gasteiger partial charge in [-0.25, -0.2) is 4.79 Å². The maximum Gasteiger partial charge on any atom is 0.327 e. The van der Waals surface area contributed by atoms with E-state index >= 15 is 0 Å². The first-order chi connectivity index (χ1) is 9.34. The van der Waals surface area contributed by atoms with Crippen LogP contribution in [-0.2, 0) is 14.4 Å². The number of thioether (sulfide) groups is 2. The van der Waals surface area contributed by atoms with E-state index in [4.69, 9.17) is 5.73 Å². The lowest BCUT2D eigenvalue weighted by Crippen LogP contribution is -2.47. The zero-order valence-corrected chi connectivity index (χ0v) is 13.2. The van der Waals surface area contributed by atoms with Crippen molar-refractivity contribution in [3.8, 4) is 0 Å². The fraction of sp³-hybridized carbons (Fsp3) is 0.750. The number of primary amides is 1. The molecule has 0 aliphatic carbocycles. The van der Waals surface area contributed by atoms with Crippen LogP contribution < -0.4 is 5.73 Å². The van der Waals surface area contributed by atoms with Crippen LogP contribution >= 0.6 is 23.5 Å². The monoisotopic (exact) mass is 320 g/mol. The van der Waals surface area contributed by atoms with Gasteiger partial charge in [0, 0.05) is 17.9 Å². The Kier molecular flexibility index (Phi) is 6.67. The molecule has 2 unspecified atom stereocenters. The zero-order chi connectivity index (χ0) is 15.3. The Hall–Kier alpha value is -0.890. The molecule has 114 valence electrons. The molecule has 8 heteroatoms. The van der Waals surface area contributed by atoms with Crippen molar-refractivity contribution < 1.29 is 19.5 Å². The van der Waals surface area contributed by atoms with Gasteiger partial charge < -0.3 is 15.7 Å². The van der Waals surface area contributed by atoms with Crippen LogP contribution in [0.3, 0.4) is 0 Å². The Morgan fingerprint density at radius 2 is 2.10 bits per heavy atom. The standard InChI is InChI=1S/C12H20N2O4S2/c1-7(2)11-14(8(5-20-11)12(17)18)10(16)3-4-19-6-9(13)15/h7-8,11H,3-6H2,1-2H3,(H2,13,15)(H,17,18). The summed E-state index contributed by atoms with van der Waals surface area (Å²) in [6.07, 6.45) is 0.228. The fourth-order valence-electron chi connectivity index (χ4n) is 2.01. The van der Waals surface area contributed by atoms with Gasteiger partial charge in [0.05, 0.1) is 11.1 Å². The predicted octanol–water partition coefficient (Wildman–Crippen LogP) is 0.606. The minimum absolute atomic E-state index is 0.0928. The molecule has 6 nitrogen and oxygen atoms in total. The minimum Gasteiger partial charge on any atom is -0.480 e. The van der Waals surface area contributed by atoms with Gasteiger partial charge in [-0.15, -0.1) is 11.8 Å². The van der Waals surface area contributed by atoms with Crippen LogP contribution in [0.5, 0.6) is 0 Å². The first-order valence-corrected chi connectivity index (χ1v) is 8.56. The molecule has 1 heterocycles. The average Bonchev–Trinajstić information content (AvgIpc) is 2.78. The minimum atomic E-state index is -0.959. The number of hydrogen-bond donors (Lipinski definition) is 2. The highest BCUT2D eigenvalue weighted by Gasteiger charge is 2.42. The van der Waals surface area contributed by atoms with Crippen LogP contribution in [0.2, 0.25) is 0 Å². The summed E-state index contributed by atoms with van der Waals surface area (Å²) in [5.41, 5.74) is 5.02. The van der Waals surface area contributed by atoms with E-state index < -0.39 is 17.9 Å². The molecule has 1 rings (SSSR count). The summed E-state index contributed by atoms with van der Waals surface area (Å²) in [5.74, 6) is -0.262. The third-order valence-electron chi connectivity index (χ3n) is 2.88. The smallest absolute Gasteiger partial charge is 0.327 e. The second-order valence-electron chi connectivity index (χ2n) is 4.89. The lowest BCUT2D eigenvalue weighted by atomic mass is 10.1. The van der Waals surface area contributed by atoms with E-state index in [-0.39, 0.29) is 29.4 Å². The van der Waals surface area contributed by atoms with Crippen molar-refractivity contribution in [2.75, 3.05) is 17.3 Å². The summed E-state index contributed by atoms with van der Waals surface area (Å²) >= 11 is 2.80. The van der Waals surface area contributed by atoms with E-state index in [0.29, 0.717) is 11.5 Å². The van der Waals surface area contributed by atoms with Crippen LogP contribution in [0.4, 0.5) is 0 Å². The van der Waals surface area contributed by atoms with Crippen LogP contribution in [0.1, 0.15) is 20.3 Å². The topological polar surface area (TPSA) is 101 Å². The molecule has 2 amide bonds. The highest BCUT2D eigenvalue weighted by molar-refractivity contribution is 8.00. The van der Waals surface area contributed by atoms with Crippen molar-refractivity contribution >= 4 is 41.3 Å². The van der Waals surface area contributed by atoms with Gasteiger partial charge >= 0.3 is 5.97 Å². The van der Waals surface area contributed by atoms with Gasteiger partial charge in [-0.2, -0.15) is 11.8 Å². The van der Waals surface area contributed by atoms with Crippen molar-refractivity contribution in [1.82, 2.24) is 4.90 Å². The number of aliphatic carboxylic acids is 1. The molecule has 1 fully saturated rings. The summed E-state index contributed by atoms with van der Waals surface area (Å²) in [6, 6.07) is -0.749. The molecule has 20 heavy (non-hydrogen) atoms. The molecule has 0 saturated carbocycles. The second kappa shape index (κ2) is 7.78. The SMILES string of the molecule is CC(C)C1SCC(C(=O)O)N1C(=O)CCSCC(N)=O. The molecular formula is C12H20N2O4S2. The van der Waals surface area contributed by atoms with Crippen molar-refractivity contribution in [1.29, 1.82) is 0 Å². The predicted molar refractivity (Wildman–Crippen MR) is 80.5 cm³/mol. The molecule has 0 radical (unpaired) electrons. The third kappa shape index (κ3) is 4.59. The number of hydrogen-bond acceptors (Lipinski definition) is 5. The highest BCUT2D eigenvalue weighted by Crippen LogP contribution is 2.34. The third-order valence-corrected chi connectivity index (χ3v) is 5.49. The highest BCUT2D eigenvalue weighted by atomic mass is 32.2. The molecule has 2 atom stereocenters. The maximum absolute atomic E-state index is 12.2. The number of nitrogens with zero attached hydrogens (tertiary/aromatic N) is 1. The van der Waals surface area contributed by atoms with Crippen LogP contribution in [-0.4, -0.2) is 56.5 Å². The van der Waals surface area contributed by atoms with Gasteiger partial charge in [-0.05, 0) is 5.92 Å². The van der Waals surface area contributed by atoms with Gasteiger partial charge in [0.15, 0.2) is 0 Å². The normalized spacial score (nSPS) is 22.2. The number of nitrogens with two attached hydrogens (primary N) is 1. The maximum atomic E-state index is 12.2. The van der Waals surface area contributed by atoms with Crippen molar-refractivity contribution in [2.45, 2.75) is 31.7 Å². The van der Waals surface area contributed by atoms with E-state index in [0.717, 1.165) is 0 Å². The number of rotatable bonds is 7. The summed E-state index contributed by atoms with van der Waals surface area (Å²) in [5, 5.41) is 9.11. The molecule has 0 aromatic heterocycles. The van der Waals surface area contributed by atoms with Crippen LogP contribution in [0.25, 0.3) is 0 Å². The molecule has 1 aliphatic rings. The van der Waals surface area contributed by atoms with Gasteiger partial charge in [-0.1, -0.05) is 13.8 Å². The molecule has 0 spiro atoms. The number of amides is 2. The Morgan fingerprint density at radius 3 is 2.60 bits per heavy atom. The van der Waals surface area contributed by atoms with Crippen LogP contribution in [0, 0.1) is 5.92 Å². The quantitative estimate of drug-likeness (QED) is 0.666. The van der Waals surface area contributed by atoms with Gasteiger partial charge in [0.1, 0.15) is 6.04 Å². The molecule has 0 bridgehead atoms. The number of carbonyl (C=O) groups is 3.